The number of benzene rings is 1. The second kappa shape index (κ2) is 5.74. The molecule has 3 heteroatoms. The molecule has 1 unspecified atom stereocenters. The van der Waals surface area contributed by atoms with Crippen LogP contribution in [0.4, 0.5) is 5.69 Å². The molecule has 0 bridgehead atoms. The monoisotopic (exact) mass is 274 g/mol. The molecule has 0 aromatic heterocycles. The summed E-state index contributed by atoms with van der Waals surface area (Å²) in [7, 11) is 0. The van der Waals surface area contributed by atoms with Gasteiger partial charge >= 0.3 is 0 Å². The van der Waals surface area contributed by atoms with E-state index in [-0.39, 0.29) is 0 Å². The van der Waals surface area contributed by atoms with Crippen molar-refractivity contribution < 1.29 is 4.74 Å². The minimum absolute atomic E-state index is 0.429. The van der Waals surface area contributed by atoms with Crippen molar-refractivity contribution in [3.63, 3.8) is 0 Å². The van der Waals surface area contributed by atoms with E-state index in [0.717, 1.165) is 19.8 Å². The average Bonchev–Trinajstić information content (AvgIpc) is 2.46. The maximum atomic E-state index is 5.49. The van der Waals surface area contributed by atoms with Gasteiger partial charge in [-0.25, -0.2) is 0 Å². The average molecular weight is 274 g/mol. The smallest absolute Gasteiger partial charge is 0.0472 e. The van der Waals surface area contributed by atoms with E-state index < -0.39 is 0 Å². The van der Waals surface area contributed by atoms with Crippen LogP contribution in [0.15, 0.2) is 24.3 Å². The summed E-state index contributed by atoms with van der Waals surface area (Å²) in [6, 6.07) is 9.43. The quantitative estimate of drug-likeness (QED) is 0.913. The lowest BCUT2D eigenvalue weighted by molar-refractivity contribution is -0.000196. The number of nitrogens with one attached hydrogen (secondary N) is 1. The number of hydrogen-bond donors (Lipinski definition) is 1. The first-order valence-electron chi connectivity index (χ1n) is 7.88. The molecule has 0 saturated carbocycles. The second-order valence-corrected chi connectivity index (χ2v) is 6.34. The van der Waals surface area contributed by atoms with Gasteiger partial charge in [-0.2, -0.15) is 0 Å². The highest BCUT2D eigenvalue weighted by Crippen LogP contribution is 2.42. The lowest BCUT2D eigenvalue weighted by Crippen LogP contribution is -2.58. The van der Waals surface area contributed by atoms with Crippen LogP contribution < -0.4 is 10.2 Å². The van der Waals surface area contributed by atoms with E-state index in [4.69, 9.17) is 4.74 Å². The molecule has 3 rings (SSSR count). The first-order valence-corrected chi connectivity index (χ1v) is 7.88. The molecule has 3 nitrogen and oxygen atoms in total. The minimum atomic E-state index is 0.429. The zero-order valence-corrected chi connectivity index (χ0v) is 12.7. The number of anilines is 1. The predicted octanol–water partition coefficient (Wildman–Crippen LogP) is 2.97. The highest BCUT2D eigenvalue weighted by atomic mass is 16.5. The summed E-state index contributed by atoms with van der Waals surface area (Å²) in [5, 5.41) is 3.49. The van der Waals surface area contributed by atoms with E-state index in [2.05, 4.69) is 48.3 Å². The van der Waals surface area contributed by atoms with Gasteiger partial charge in [0.05, 0.1) is 0 Å². The van der Waals surface area contributed by atoms with Crippen LogP contribution in [-0.4, -0.2) is 32.8 Å². The van der Waals surface area contributed by atoms with E-state index >= 15 is 0 Å². The fourth-order valence-electron chi connectivity index (χ4n) is 3.48. The van der Waals surface area contributed by atoms with E-state index in [0.29, 0.717) is 11.5 Å². The van der Waals surface area contributed by atoms with Gasteiger partial charge in [-0.3, -0.25) is 0 Å². The Morgan fingerprint density at radius 3 is 2.75 bits per heavy atom. The van der Waals surface area contributed by atoms with Crippen molar-refractivity contribution in [1.82, 2.24) is 5.32 Å². The summed E-state index contributed by atoms with van der Waals surface area (Å²) in [6.45, 7) is 9.71. The Hall–Kier alpha value is -1.06. The molecule has 2 aliphatic rings. The molecule has 2 heterocycles. The maximum Gasteiger partial charge on any atom is 0.0472 e. The van der Waals surface area contributed by atoms with Gasteiger partial charge in [0.15, 0.2) is 0 Å². The van der Waals surface area contributed by atoms with E-state index in [1.165, 1.54) is 37.2 Å². The van der Waals surface area contributed by atoms with Crippen molar-refractivity contribution in [2.45, 2.75) is 32.7 Å². The van der Waals surface area contributed by atoms with Gasteiger partial charge in [-0.05, 0) is 44.0 Å². The molecule has 1 aromatic carbocycles. The zero-order chi connectivity index (χ0) is 14.0. The molecule has 2 aliphatic heterocycles. The fraction of sp³-hybridized carbons (Fsp3) is 0.647. The van der Waals surface area contributed by atoms with Crippen LogP contribution in [0, 0.1) is 5.41 Å². The third-order valence-electron chi connectivity index (χ3n) is 4.85. The second-order valence-electron chi connectivity index (χ2n) is 6.34. The molecule has 20 heavy (non-hydrogen) atoms. The fourth-order valence-corrected chi connectivity index (χ4v) is 3.48. The minimum Gasteiger partial charge on any atom is -0.381 e. The molecular weight excluding hydrogens is 248 g/mol. The van der Waals surface area contributed by atoms with Crippen LogP contribution in [0.25, 0.3) is 0 Å². The van der Waals surface area contributed by atoms with Gasteiger partial charge in [-0.1, -0.05) is 19.1 Å². The predicted molar refractivity (Wildman–Crippen MR) is 83.2 cm³/mol. The number of hydrogen-bond acceptors (Lipinski definition) is 3. The molecule has 2 saturated heterocycles. The van der Waals surface area contributed by atoms with Crippen molar-refractivity contribution in [2.24, 2.45) is 5.41 Å². The largest absolute Gasteiger partial charge is 0.381 e. The summed E-state index contributed by atoms with van der Waals surface area (Å²) in [6.07, 6.45) is 2.47. The van der Waals surface area contributed by atoms with Crippen molar-refractivity contribution in [3.05, 3.63) is 29.8 Å². The standard InChI is InChI=1S/C17H26N2O/c1-3-18-14(2)15-5-4-6-16(11-15)19-12-17(13-19)7-9-20-10-8-17/h4-6,11,14,18H,3,7-10,12-13H2,1-2H3. The van der Waals surface area contributed by atoms with Crippen molar-refractivity contribution in [2.75, 3.05) is 37.7 Å². The van der Waals surface area contributed by atoms with Gasteiger partial charge in [0.1, 0.15) is 0 Å². The van der Waals surface area contributed by atoms with Gasteiger partial charge in [0.25, 0.3) is 0 Å². The molecule has 0 amide bonds. The van der Waals surface area contributed by atoms with Crippen LogP contribution in [0.1, 0.15) is 38.3 Å². The zero-order valence-electron chi connectivity index (χ0n) is 12.7. The van der Waals surface area contributed by atoms with Crippen LogP contribution in [-0.2, 0) is 4.74 Å². The summed E-state index contributed by atoms with van der Waals surface area (Å²) in [4.78, 5) is 2.52. The Labute approximate surface area is 122 Å². The summed E-state index contributed by atoms with van der Waals surface area (Å²) in [5.74, 6) is 0. The molecule has 2 fully saturated rings. The molecule has 1 atom stereocenters. The van der Waals surface area contributed by atoms with E-state index in [1.54, 1.807) is 0 Å². The van der Waals surface area contributed by atoms with Crippen LogP contribution >= 0.6 is 0 Å². The Balaban J connectivity index is 1.65. The van der Waals surface area contributed by atoms with Gasteiger partial charge < -0.3 is 15.0 Å². The van der Waals surface area contributed by atoms with Crippen molar-refractivity contribution in [1.29, 1.82) is 0 Å². The Bertz CT molecular complexity index is 446. The Morgan fingerprint density at radius 1 is 1.30 bits per heavy atom. The highest BCUT2D eigenvalue weighted by molar-refractivity contribution is 5.52. The summed E-state index contributed by atoms with van der Waals surface area (Å²) >= 11 is 0. The van der Waals surface area contributed by atoms with E-state index in [9.17, 15) is 0 Å². The number of ether oxygens (including phenoxy) is 1. The first kappa shape index (κ1) is 13.9. The normalized spacial score (nSPS) is 22.6. The Kier molecular flexibility index (Phi) is 3.99. The van der Waals surface area contributed by atoms with Crippen molar-refractivity contribution in [3.8, 4) is 0 Å². The topological polar surface area (TPSA) is 24.5 Å². The lowest BCUT2D eigenvalue weighted by Gasteiger charge is -2.53. The van der Waals surface area contributed by atoms with Gasteiger partial charge in [0.2, 0.25) is 0 Å². The molecule has 1 N–H and O–H groups in total. The molecule has 0 radical (unpaired) electrons. The van der Waals surface area contributed by atoms with Gasteiger partial charge in [0, 0.05) is 43.4 Å². The lowest BCUT2D eigenvalue weighted by atomic mass is 9.73. The number of rotatable bonds is 4. The molecule has 1 spiro atoms. The first-order chi connectivity index (χ1) is 9.72. The molecule has 1 aromatic rings. The van der Waals surface area contributed by atoms with E-state index in [1.807, 2.05) is 0 Å². The van der Waals surface area contributed by atoms with Crippen LogP contribution in [0.2, 0.25) is 0 Å². The molecule has 0 aliphatic carbocycles. The number of nitrogens with zero attached hydrogens (tertiary/aromatic N) is 1. The van der Waals surface area contributed by atoms with Crippen LogP contribution in [0.3, 0.4) is 0 Å². The third-order valence-corrected chi connectivity index (χ3v) is 4.85. The third kappa shape index (κ3) is 2.70. The highest BCUT2D eigenvalue weighted by Gasteiger charge is 2.43. The summed E-state index contributed by atoms with van der Waals surface area (Å²) < 4.78 is 5.49. The van der Waals surface area contributed by atoms with Crippen LogP contribution in [0.5, 0.6) is 0 Å². The Morgan fingerprint density at radius 2 is 2.05 bits per heavy atom. The summed E-state index contributed by atoms with van der Waals surface area (Å²) in [5.41, 5.74) is 3.31. The maximum absolute atomic E-state index is 5.49. The SMILES string of the molecule is CCNC(C)c1cccc(N2CC3(CCOCC3)C2)c1. The molecule has 110 valence electrons. The van der Waals surface area contributed by atoms with Crippen molar-refractivity contribution >= 4 is 5.69 Å². The molecular formula is C17H26N2O. The van der Waals surface area contributed by atoms with Gasteiger partial charge in [-0.15, -0.1) is 0 Å².